The number of rotatable bonds is 4. The van der Waals surface area contributed by atoms with Gasteiger partial charge in [-0.1, -0.05) is 34.1 Å². The molecule has 1 aromatic carbocycles. The molecule has 1 fully saturated rings. The third-order valence-electron chi connectivity index (χ3n) is 3.75. The van der Waals surface area contributed by atoms with Crippen LogP contribution in [0.1, 0.15) is 23.6 Å². The first kappa shape index (κ1) is 17.1. The van der Waals surface area contributed by atoms with E-state index in [0.717, 1.165) is 10.0 Å². The highest BCUT2D eigenvalue weighted by Gasteiger charge is 2.43. The lowest BCUT2D eigenvalue weighted by Gasteiger charge is -2.25. The number of hydrogen-bond donors (Lipinski definition) is 0. The maximum atomic E-state index is 12.5. The quantitative estimate of drug-likeness (QED) is 0.719. The Morgan fingerprint density at radius 2 is 2.12 bits per heavy atom. The first-order valence-corrected chi connectivity index (χ1v) is 9.26. The van der Waals surface area contributed by atoms with E-state index in [2.05, 4.69) is 15.9 Å². The third kappa shape index (κ3) is 3.52. The fourth-order valence-electron chi connectivity index (χ4n) is 2.58. The van der Waals surface area contributed by atoms with E-state index in [9.17, 15) is 9.59 Å². The molecule has 0 unspecified atom stereocenters. The van der Waals surface area contributed by atoms with Crippen molar-refractivity contribution >= 4 is 39.6 Å². The minimum Gasteiger partial charge on any atom is -0.466 e. The second-order valence-corrected chi connectivity index (χ2v) is 7.31. The Hall–Kier alpha value is -1.73. The van der Waals surface area contributed by atoms with Crippen LogP contribution < -0.4 is 0 Å². The fraction of sp³-hybridized carbons (Fsp3) is 0.294. The summed E-state index contributed by atoms with van der Waals surface area (Å²) in [5.41, 5.74) is 0.883. The highest BCUT2D eigenvalue weighted by Crippen LogP contribution is 2.41. The molecule has 1 aliphatic rings. The smallest absolute Gasteiger partial charge is 0.330 e. The number of hydrogen-bond acceptors (Lipinski definition) is 5. The molecule has 2 atom stereocenters. The molecule has 2 heterocycles. The molecule has 2 aromatic rings. The van der Waals surface area contributed by atoms with Crippen LogP contribution in [0.15, 0.2) is 51.6 Å². The monoisotopic (exact) mass is 409 g/mol. The van der Waals surface area contributed by atoms with E-state index in [0.29, 0.717) is 11.5 Å². The van der Waals surface area contributed by atoms with Gasteiger partial charge in [-0.25, -0.2) is 4.79 Å². The van der Waals surface area contributed by atoms with Crippen molar-refractivity contribution in [1.82, 2.24) is 4.90 Å². The van der Waals surface area contributed by atoms with Crippen LogP contribution >= 0.6 is 27.7 Å². The molecule has 1 aromatic heterocycles. The van der Waals surface area contributed by atoms with Gasteiger partial charge in [-0.05, 0) is 18.2 Å². The summed E-state index contributed by atoms with van der Waals surface area (Å²) in [4.78, 5) is 26.1. The van der Waals surface area contributed by atoms with Gasteiger partial charge in [0.1, 0.15) is 23.8 Å². The van der Waals surface area contributed by atoms with Gasteiger partial charge in [-0.15, -0.1) is 11.8 Å². The molecule has 1 aliphatic heterocycles. The lowest BCUT2D eigenvalue weighted by atomic mass is 10.2. The number of halogens is 1. The molecule has 0 saturated carbocycles. The van der Waals surface area contributed by atoms with Crippen LogP contribution in [-0.4, -0.2) is 28.6 Å². The predicted molar refractivity (Wildman–Crippen MR) is 94.2 cm³/mol. The third-order valence-corrected chi connectivity index (χ3v) is 5.81. The van der Waals surface area contributed by atoms with Gasteiger partial charge in [0.2, 0.25) is 5.91 Å². The summed E-state index contributed by atoms with van der Waals surface area (Å²) < 4.78 is 11.7. The highest BCUT2D eigenvalue weighted by atomic mass is 79.9. The molecule has 1 amide bonds. The first-order valence-electron chi connectivity index (χ1n) is 7.42. The highest BCUT2D eigenvalue weighted by molar-refractivity contribution is 9.10. The Morgan fingerprint density at radius 3 is 2.79 bits per heavy atom. The largest absolute Gasteiger partial charge is 0.466 e. The van der Waals surface area contributed by atoms with E-state index < -0.39 is 12.0 Å². The van der Waals surface area contributed by atoms with Gasteiger partial charge in [0.05, 0.1) is 6.26 Å². The number of carbonyl (C=O) groups excluding carboxylic acids is 2. The summed E-state index contributed by atoms with van der Waals surface area (Å²) in [5.74, 6) is 0.572. The zero-order valence-corrected chi connectivity index (χ0v) is 15.4. The molecule has 0 radical (unpaired) electrons. The molecule has 0 aliphatic carbocycles. The maximum absolute atomic E-state index is 12.5. The van der Waals surface area contributed by atoms with Gasteiger partial charge in [-0.3, -0.25) is 4.79 Å². The SMILES string of the molecule is CC(=O)N1[C@@H](c2ccco2)SC[C@H]1C(=O)OCc1ccccc1Br. The normalized spacial score (nSPS) is 20.2. The van der Waals surface area contributed by atoms with Crippen molar-refractivity contribution in [3.63, 3.8) is 0 Å². The van der Waals surface area contributed by atoms with Crippen LogP contribution in [-0.2, 0) is 20.9 Å². The van der Waals surface area contributed by atoms with Crippen LogP contribution in [0, 0.1) is 0 Å². The van der Waals surface area contributed by atoms with Crippen LogP contribution in [0.4, 0.5) is 0 Å². The summed E-state index contributed by atoms with van der Waals surface area (Å²) in [6.07, 6.45) is 1.56. The number of nitrogens with zero attached hydrogens (tertiary/aromatic N) is 1. The van der Waals surface area contributed by atoms with Gasteiger partial charge in [0, 0.05) is 22.7 Å². The van der Waals surface area contributed by atoms with Crippen LogP contribution in [0.5, 0.6) is 0 Å². The minimum atomic E-state index is -0.606. The van der Waals surface area contributed by atoms with Gasteiger partial charge in [0.25, 0.3) is 0 Å². The van der Waals surface area contributed by atoms with Crippen molar-refractivity contribution in [2.45, 2.75) is 24.9 Å². The molecule has 0 spiro atoms. The van der Waals surface area contributed by atoms with E-state index >= 15 is 0 Å². The molecule has 0 bridgehead atoms. The second kappa shape index (κ2) is 7.44. The Bertz CT molecular complexity index is 734. The number of thioether (sulfide) groups is 1. The minimum absolute atomic E-state index is 0.165. The summed E-state index contributed by atoms with van der Waals surface area (Å²) in [5, 5.41) is -0.293. The number of amides is 1. The number of carbonyl (C=O) groups is 2. The topological polar surface area (TPSA) is 59.8 Å². The number of esters is 1. The van der Waals surface area contributed by atoms with Gasteiger partial charge >= 0.3 is 5.97 Å². The van der Waals surface area contributed by atoms with Gasteiger partial charge in [-0.2, -0.15) is 0 Å². The summed E-state index contributed by atoms with van der Waals surface area (Å²) in [6, 6.07) is 10.5. The Balaban J connectivity index is 1.70. The molecule has 0 N–H and O–H groups in total. The number of ether oxygens (including phenoxy) is 1. The predicted octanol–water partition coefficient (Wildman–Crippen LogP) is 3.75. The maximum Gasteiger partial charge on any atom is 0.330 e. The molecular weight excluding hydrogens is 394 g/mol. The standard InChI is InChI=1S/C17H16BrNO4S/c1-11(20)19-14(10-24-16(19)15-7-4-8-22-15)17(21)23-9-12-5-2-3-6-13(12)18/h2-8,14,16H,9-10H2,1H3/t14-,16+/m0/s1. The summed E-state index contributed by atoms with van der Waals surface area (Å²) in [7, 11) is 0. The number of furan rings is 1. The van der Waals surface area contributed by atoms with Crippen LogP contribution in [0.3, 0.4) is 0 Å². The van der Waals surface area contributed by atoms with E-state index in [1.165, 1.54) is 23.6 Å². The average molecular weight is 410 g/mol. The van der Waals surface area contributed by atoms with Crippen LogP contribution in [0.25, 0.3) is 0 Å². The Labute approximate surface area is 152 Å². The van der Waals surface area contributed by atoms with Crippen molar-refractivity contribution in [3.8, 4) is 0 Å². The van der Waals surface area contributed by atoms with E-state index in [4.69, 9.17) is 9.15 Å². The van der Waals surface area contributed by atoms with Gasteiger partial charge < -0.3 is 14.1 Å². The zero-order valence-electron chi connectivity index (χ0n) is 13.0. The van der Waals surface area contributed by atoms with E-state index in [1.807, 2.05) is 30.3 Å². The molecule has 7 heteroatoms. The van der Waals surface area contributed by atoms with Crippen molar-refractivity contribution in [2.24, 2.45) is 0 Å². The summed E-state index contributed by atoms with van der Waals surface area (Å²) >= 11 is 4.93. The van der Waals surface area contributed by atoms with Gasteiger partial charge in [0.15, 0.2) is 0 Å². The Morgan fingerprint density at radius 1 is 1.33 bits per heavy atom. The molecule has 24 heavy (non-hydrogen) atoms. The van der Waals surface area contributed by atoms with Crippen LogP contribution in [0.2, 0.25) is 0 Å². The number of benzene rings is 1. The fourth-order valence-corrected chi connectivity index (χ4v) is 4.40. The van der Waals surface area contributed by atoms with Crippen molar-refractivity contribution in [3.05, 3.63) is 58.5 Å². The molecule has 126 valence electrons. The average Bonchev–Trinajstić information content (AvgIpc) is 3.22. The first-order chi connectivity index (χ1) is 11.6. The van der Waals surface area contributed by atoms with Crippen molar-refractivity contribution < 1.29 is 18.7 Å². The molecule has 3 rings (SSSR count). The van der Waals surface area contributed by atoms with E-state index in [1.54, 1.807) is 12.3 Å². The Kier molecular flexibility index (Phi) is 5.30. The second-order valence-electron chi connectivity index (χ2n) is 5.34. The van der Waals surface area contributed by atoms with E-state index in [-0.39, 0.29) is 17.9 Å². The van der Waals surface area contributed by atoms with Crippen molar-refractivity contribution in [2.75, 3.05) is 5.75 Å². The summed E-state index contributed by atoms with van der Waals surface area (Å²) in [6.45, 7) is 1.62. The zero-order chi connectivity index (χ0) is 17.1. The van der Waals surface area contributed by atoms with Crippen molar-refractivity contribution in [1.29, 1.82) is 0 Å². The lowest BCUT2D eigenvalue weighted by Crippen LogP contribution is -2.42. The lowest BCUT2D eigenvalue weighted by molar-refractivity contribution is -0.154. The molecule has 1 saturated heterocycles. The molecular formula is C17H16BrNO4S. The molecule has 5 nitrogen and oxygen atoms in total.